The van der Waals surface area contributed by atoms with Crippen LogP contribution in [0.1, 0.15) is 31.2 Å². The van der Waals surface area contributed by atoms with Crippen molar-refractivity contribution in [1.29, 1.82) is 0 Å². The van der Waals surface area contributed by atoms with Crippen LogP contribution in [0.4, 0.5) is 0 Å². The van der Waals surface area contributed by atoms with E-state index in [0.29, 0.717) is 5.92 Å². The Kier molecular flexibility index (Phi) is 13.6. The van der Waals surface area contributed by atoms with Crippen LogP contribution in [-0.2, 0) is 15.9 Å². The zero-order valence-corrected chi connectivity index (χ0v) is 18.2. The number of hydrogen-bond acceptors (Lipinski definition) is 3. The number of benzene rings is 1. The van der Waals surface area contributed by atoms with Gasteiger partial charge in [-0.15, -0.1) is 24.0 Å². The largest absolute Gasteiger partial charge is 0.381 e. The average Bonchev–Trinajstić information content (AvgIpc) is 2.67. The molecule has 0 atom stereocenters. The lowest BCUT2D eigenvalue weighted by molar-refractivity contribution is 0.0203. The minimum Gasteiger partial charge on any atom is -0.381 e. The summed E-state index contributed by atoms with van der Waals surface area (Å²) in [5.41, 5.74) is 1.38. The molecular weight excluding hydrogens is 441 g/mol. The molecule has 0 spiro atoms. The van der Waals surface area contributed by atoms with Gasteiger partial charge in [-0.25, -0.2) is 0 Å². The molecule has 1 aliphatic heterocycles. The molecule has 26 heavy (non-hydrogen) atoms. The van der Waals surface area contributed by atoms with Gasteiger partial charge < -0.3 is 20.1 Å². The maximum Gasteiger partial charge on any atom is 0.190 e. The smallest absolute Gasteiger partial charge is 0.190 e. The number of aryl methyl sites for hydroxylation is 1. The second kappa shape index (κ2) is 15.2. The molecule has 1 aromatic rings. The van der Waals surface area contributed by atoms with Crippen LogP contribution in [-0.4, -0.2) is 52.5 Å². The van der Waals surface area contributed by atoms with Crippen molar-refractivity contribution in [2.45, 2.75) is 32.1 Å². The molecule has 1 fully saturated rings. The molecule has 0 aromatic heterocycles. The number of ether oxygens (including phenoxy) is 2. The van der Waals surface area contributed by atoms with Crippen molar-refractivity contribution in [2.24, 2.45) is 10.9 Å². The van der Waals surface area contributed by atoms with Gasteiger partial charge >= 0.3 is 0 Å². The second-order valence-corrected chi connectivity index (χ2v) is 6.50. The van der Waals surface area contributed by atoms with E-state index in [9.17, 15) is 0 Å². The van der Waals surface area contributed by atoms with Gasteiger partial charge in [0.25, 0.3) is 0 Å². The van der Waals surface area contributed by atoms with Crippen molar-refractivity contribution in [3.8, 4) is 0 Å². The van der Waals surface area contributed by atoms with Gasteiger partial charge in [0.2, 0.25) is 0 Å². The van der Waals surface area contributed by atoms with Crippen LogP contribution >= 0.6 is 24.0 Å². The topological polar surface area (TPSA) is 54.9 Å². The first-order chi connectivity index (χ1) is 12.4. The monoisotopic (exact) mass is 475 g/mol. The van der Waals surface area contributed by atoms with Crippen LogP contribution in [0, 0.1) is 5.92 Å². The summed E-state index contributed by atoms with van der Waals surface area (Å²) in [4.78, 5) is 4.26. The molecule has 0 amide bonds. The van der Waals surface area contributed by atoms with Crippen LogP contribution in [0.2, 0.25) is 0 Å². The fourth-order valence-electron chi connectivity index (χ4n) is 2.91. The summed E-state index contributed by atoms with van der Waals surface area (Å²) in [6, 6.07) is 10.6. The normalized spacial score (nSPS) is 15.3. The predicted molar refractivity (Wildman–Crippen MR) is 119 cm³/mol. The summed E-state index contributed by atoms with van der Waals surface area (Å²) in [6.45, 7) is 5.26. The van der Waals surface area contributed by atoms with Gasteiger partial charge in [-0.05, 0) is 43.6 Å². The quantitative estimate of drug-likeness (QED) is 0.236. The van der Waals surface area contributed by atoms with Crippen LogP contribution < -0.4 is 10.6 Å². The molecule has 1 heterocycles. The van der Waals surface area contributed by atoms with Gasteiger partial charge in [0.05, 0.1) is 0 Å². The van der Waals surface area contributed by atoms with Crippen LogP contribution in [0.5, 0.6) is 0 Å². The number of halogens is 1. The lowest BCUT2D eigenvalue weighted by atomic mass is 10.0. The first-order valence-electron chi connectivity index (χ1n) is 9.52. The number of nitrogens with one attached hydrogen (secondary N) is 2. The number of nitrogens with zero attached hydrogens (tertiary/aromatic N) is 1. The van der Waals surface area contributed by atoms with Crippen molar-refractivity contribution < 1.29 is 9.47 Å². The third-order valence-electron chi connectivity index (χ3n) is 4.45. The summed E-state index contributed by atoms with van der Waals surface area (Å²) in [6.07, 6.45) is 5.45. The summed E-state index contributed by atoms with van der Waals surface area (Å²) in [5, 5.41) is 6.71. The molecule has 2 rings (SSSR count). The molecule has 5 nitrogen and oxygen atoms in total. The first-order valence-corrected chi connectivity index (χ1v) is 9.52. The van der Waals surface area contributed by atoms with Crippen molar-refractivity contribution >= 4 is 29.9 Å². The van der Waals surface area contributed by atoms with E-state index in [1.807, 2.05) is 7.05 Å². The van der Waals surface area contributed by atoms with Gasteiger partial charge in [-0.2, -0.15) is 0 Å². The molecule has 0 bridgehead atoms. The molecule has 1 aromatic carbocycles. The molecule has 148 valence electrons. The van der Waals surface area contributed by atoms with E-state index >= 15 is 0 Å². The van der Waals surface area contributed by atoms with Crippen molar-refractivity contribution in [1.82, 2.24) is 10.6 Å². The SMILES string of the molecule is CN=C(NCCCOCC1CCOCC1)NCCCc1ccccc1.I. The number of aliphatic imine (C=N–C) groups is 1. The molecule has 0 aliphatic carbocycles. The first kappa shape index (κ1) is 23.2. The third kappa shape index (κ3) is 10.3. The summed E-state index contributed by atoms with van der Waals surface area (Å²) in [5.74, 6) is 1.55. The van der Waals surface area contributed by atoms with E-state index in [1.54, 1.807) is 0 Å². The van der Waals surface area contributed by atoms with Gasteiger partial charge in [-0.1, -0.05) is 30.3 Å². The van der Waals surface area contributed by atoms with Crippen LogP contribution in [0.3, 0.4) is 0 Å². The van der Waals surface area contributed by atoms with Gasteiger partial charge in [0.1, 0.15) is 0 Å². The molecular formula is C20H34IN3O2. The lowest BCUT2D eigenvalue weighted by Crippen LogP contribution is -2.38. The van der Waals surface area contributed by atoms with E-state index < -0.39 is 0 Å². The molecule has 2 N–H and O–H groups in total. The van der Waals surface area contributed by atoms with Gasteiger partial charge in [-0.3, -0.25) is 4.99 Å². The zero-order chi connectivity index (χ0) is 17.6. The average molecular weight is 475 g/mol. The number of guanidine groups is 1. The highest BCUT2D eigenvalue weighted by Gasteiger charge is 2.13. The zero-order valence-electron chi connectivity index (χ0n) is 15.9. The molecule has 0 saturated carbocycles. The fourth-order valence-corrected chi connectivity index (χ4v) is 2.91. The summed E-state index contributed by atoms with van der Waals surface area (Å²) >= 11 is 0. The Morgan fingerprint density at radius 2 is 1.81 bits per heavy atom. The van der Waals surface area contributed by atoms with E-state index in [4.69, 9.17) is 9.47 Å². The molecule has 0 radical (unpaired) electrons. The maximum absolute atomic E-state index is 5.78. The Bertz CT molecular complexity index is 479. The van der Waals surface area contributed by atoms with E-state index in [0.717, 1.165) is 77.6 Å². The Balaban J connectivity index is 0.00000338. The Labute approximate surface area is 175 Å². The lowest BCUT2D eigenvalue weighted by Gasteiger charge is -2.21. The Morgan fingerprint density at radius 1 is 1.12 bits per heavy atom. The highest BCUT2D eigenvalue weighted by Crippen LogP contribution is 2.14. The number of rotatable bonds is 10. The highest BCUT2D eigenvalue weighted by atomic mass is 127. The third-order valence-corrected chi connectivity index (χ3v) is 4.45. The standard InChI is InChI=1S/C20H33N3O2.HI/c1-21-20(22-12-5-9-18-7-3-2-4-8-18)23-13-6-14-25-17-19-10-15-24-16-11-19;/h2-4,7-8,19H,5-6,9-17H2,1H3,(H2,21,22,23);1H. The number of hydrogen-bond donors (Lipinski definition) is 2. The van der Waals surface area contributed by atoms with Crippen LogP contribution in [0.25, 0.3) is 0 Å². The van der Waals surface area contributed by atoms with E-state index in [1.165, 1.54) is 5.56 Å². The van der Waals surface area contributed by atoms with Crippen molar-refractivity contribution in [2.75, 3.05) is 46.6 Å². The Morgan fingerprint density at radius 3 is 2.50 bits per heavy atom. The molecule has 6 heteroatoms. The van der Waals surface area contributed by atoms with E-state index in [-0.39, 0.29) is 24.0 Å². The minimum absolute atomic E-state index is 0. The fraction of sp³-hybridized carbons (Fsp3) is 0.650. The maximum atomic E-state index is 5.78. The highest BCUT2D eigenvalue weighted by molar-refractivity contribution is 14.0. The molecule has 0 unspecified atom stereocenters. The summed E-state index contributed by atoms with van der Waals surface area (Å²) < 4.78 is 11.1. The van der Waals surface area contributed by atoms with Crippen LogP contribution in [0.15, 0.2) is 35.3 Å². The van der Waals surface area contributed by atoms with E-state index in [2.05, 4.69) is 46.0 Å². The second-order valence-electron chi connectivity index (χ2n) is 6.50. The Hall–Kier alpha value is -0.860. The van der Waals surface area contributed by atoms with Crippen molar-refractivity contribution in [3.05, 3.63) is 35.9 Å². The molecule has 1 aliphatic rings. The minimum atomic E-state index is 0. The van der Waals surface area contributed by atoms with Crippen molar-refractivity contribution in [3.63, 3.8) is 0 Å². The predicted octanol–water partition coefficient (Wildman–Crippen LogP) is 3.24. The van der Waals surface area contributed by atoms with Gasteiger partial charge in [0, 0.05) is 46.6 Å². The summed E-state index contributed by atoms with van der Waals surface area (Å²) in [7, 11) is 1.81. The van der Waals surface area contributed by atoms with Gasteiger partial charge in [0.15, 0.2) is 5.96 Å². The molecule has 1 saturated heterocycles.